The van der Waals surface area contributed by atoms with Gasteiger partial charge in [0.15, 0.2) is 0 Å². The maximum Gasteiger partial charge on any atom is 0.270 e. The number of rotatable bonds is 3. The van der Waals surface area contributed by atoms with Crippen molar-refractivity contribution in [2.24, 2.45) is 0 Å². The summed E-state index contributed by atoms with van der Waals surface area (Å²) in [5.41, 5.74) is 5.64. The molecule has 114 valence electrons. The molecule has 2 rings (SSSR count). The molecule has 0 spiro atoms. The lowest BCUT2D eigenvalue weighted by molar-refractivity contribution is 0.0846. The number of benzene rings is 2. The van der Waals surface area contributed by atoms with E-state index in [1.54, 1.807) is 49.6 Å². The van der Waals surface area contributed by atoms with Crippen LogP contribution in [0.15, 0.2) is 46.9 Å². The van der Waals surface area contributed by atoms with Crippen LogP contribution in [0.25, 0.3) is 0 Å². The smallest absolute Gasteiger partial charge is 0.270 e. The first kappa shape index (κ1) is 16.8. The highest BCUT2D eigenvalue weighted by Gasteiger charge is 2.12. The number of hydrogen-bond donors (Lipinski definition) is 2. The van der Waals surface area contributed by atoms with Gasteiger partial charge in [-0.25, -0.2) is 0 Å². The van der Waals surface area contributed by atoms with E-state index in [1.165, 1.54) is 0 Å². The van der Waals surface area contributed by atoms with Crippen LogP contribution in [0.2, 0.25) is 0 Å². The number of carbonyl (C=O) groups is 2. The minimum absolute atomic E-state index is 0.399. The second-order valence-corrected chi connectivity index (χ2v) is 6.25. The number of hydrogen-bond acceptors (Lipinski definition) is 3. The molecule has 2 amide bonds. The van der Waals surface area contributed by atoms with Gasteiger partial charge in [-0.15, -0.1) is 0 Å². The number of amides is 2. The zero-order valence-electron chi connectivity index (χ0n) is 11.5. The van der Waals surface area contributed by atoms with Crippen molar-refractivity contribution in [3.8, 4) is 5.75 Å². The Labute approximate surface area is 149 Å². The van der Waals surface area contributed by atoms with Crippen molar-refractivity contribution >= 4 is 50.3 Å². The lowest BCUT2D eigenvalue weighted by atomic mass is 10.2. The second kappa shape index (κ2) is 7.59. The van der Waals surface area contributed by atoms with Gasteiger partial charge in [0.25, 0.3) is 11.8 Å². The van der Waals surface area contributed by atoms with Crippen LogP contribution in [0, 0.1) is 3.57 Å². The van der Waals surface area contributed by atoms with Crippen LogP contribution >= 0.6 is 38.5 Å². The van der Waals surface area contributed by atoms with Crippen molar-refractivity contribution in [1.29, 1.82) is 0 Å². The molecule has 0 unspecified atom stereocenters. The number of hydrazine groups is 1. The van der Waals surface area contributed by atoms with Gasteiger partial charge < -0.3 is 4.74 Å². The summed E-state index contributed by atoms with van der Waals surface area (Å²) in [4.78, 5) is 24.0. The highest BCUT2D eigenvalue weighted by molar-refractivity contribution is 14.1. The lowest BCUT2D eigenvalue weighted by Crippen LogP contribution is -2.41. The topological polar surface area (TPSA) is 67.4 Å². The molecule has 0 atom stereocenters. The maximum absolute atomic E-state index is 12.0. The van der Waals surface area contributed by atoms with Gasteiger partial charge in [-0.3, -0.25) is 20.4 Å². The summed E-state index contributed by atoms with van der Waals surface area (Å²) in [5.74, 6) is -0.112. The van der Waals surface area contributed by atoms with Gasteiger partial charge in [-0.1, -0.05) is 12.1 Å². The predicted octanol–water partition coefficient (Wildman–Crippen LogP) is 3.14. The van der Waals surface area contributed by atoms with Crippen LogP contribution in [0.5, 0.6) is 5.75 Å². The van der Waals surface area contributed by atoms with Crippen molar-refractivity contribution in [2.75, 3.05) is 7.11 Å². The minimum Gasteiger partial charge on any atom is -0.496 e. The Morgan fingerprint density at radius 3 is 2.41 bits per heavy atom. The molecule has 0 aliphatic rings. The fourth-order valence-corrected chi connectivity index (χ4v) is 2.91. The van der Waals surface area contributed by atoms with Gasteiger partial charge in [0.05, 0.1) is 16.2 Å². The van der Waals surface area contributed by atoms with Crippen molar-refractivity contribution in [2.45, 2.75) is 0 Å². The standard InChI is InChI=1S/C15H12BrIN2O3/c1-22-13-7-6-9(8-12(13)17)14(20)18-19-15(21)10-4-2-3-5-11(10)16/h2-8H,1H3,(H,18,20)(H,19,21). The van der Waals surface area contributed by atoms with E-state index in [-0.39, 0.29) is 0 Å². The van der Waals surface area contributed by atoms with Crippen LogP contribution in [0.4, 0.5) is 0 Å². The zero-order valence-corrected chi connectivity index (χ0v) is 15.3. The monoisotopic (exact) mass is 474 g/mol. The zero-order chi connectivity index (χ0) is 16.1. The first-order chi connectivity index (χ1) is 10.5. The van der Waals surface area contributed by atoms with Crippen LogP contribution in [-0.2, 0) is 0 Å². The van der Waals surface area contributed by atoms with Crippen molar-refractivity contribution in [3.63, 3.8) is 0 Å². The Bertz CT molecular complexity index is 722. The van der Waals surface area contributed by atoms with Gasteiger partial charge in [0.1, 0.15) is 5.75 Å². The molecule has 0 saturated heterocycles. The Morgan fingerprint density at radius 2 is 1.77 bits per heavy atom. The van der Waals surface area contributed by atoms with Crippen LogP contribution in [0.1, 0.15) is 20.7 Å². The van der Waals surface area contributed by atoms with E-state index in [0.717, 1.165) is 3.57 Å². The van der Waals surface area contributed by atoms with Gasteiger partial charge in [-0.05, 0) is 68.9 Å². The SMILES string of the molecule is COc1ccc(C(=O)NNC(=O)c2ccccc2Br)cc1I. The van der Waals surface area contributed by atoms with Crippen LogP contribution in [0.3, 0.4) is 0 Å². The van der Waals surface area contributed by atoms with Crippen molar-refractivity contribution < 1.29 is 14.3 Å². The number of halogens is 2. The molecule has 5 nitrogen and oxygen atoms in total. The minimum atomic E-state index is -0.402. The Kier molecular flexibility index (Phi) is 5.78. The Hall–Kier alpha value is -1.61. The molecular weight excluding hydrogens is 463 g/mol. The molecule has 0 aromatic heterocycles. The molecule has 0 bridgehead atoms. The highest BCUT2D eigenvalue weighted by Crippen LogP contribution is 2.21. The molecular formula is C15H12BrIN2O3. The van der Waals surface area contributed by atoms with E-state index in [2.05, 4.69) is 49.4 Å². The molecule has 2 aromatic carbocycles. The third-order valence-corrected chi connectivity index (χ3v) is 4.36. The normalized spacial score (nSPS) is 9.95. The van der Waals surface area contributed by atoms with E-state index >= 15 is 0 Å². The third-order valence-electron chi connectivity index (χ3n) is 2.82. The maximum atomic E-state index is 12.0. The molecule has 0 heterocycles. The highest BCUT2D eigenvalue weighted by atomic mass is 127. The first-order valence-electron chi connectivity index (χ1n) is 6.21. The fraction of sp³-hybridized carbons (Fsp3) is 0.0667. The van der Waals surface area contributed by atoms with Gasteiger partial charge in [0.2, 0.25) is 0 Å². The molecule has 0 aliphatic carbocycles. The summed E-state index contributed by atoms with van der Waals surface area (Å²) in [5, 5.41) is 0. The second-order valence-electron chi connectivity index (χ2n) is 4.24. The van der Waals surface area contributed by atoms with E-state index < -0.39 is 11.8 Å². The van der Waals surface area contributed by atoms with E-state index in [4.69, 9.17) is 4.74 Å². The summed E-state index contributed by atoms with van der Waals surface area (Å²) in [6.07, 6.45) is 0. The molecule has 2 N–H and O–H groups in total. The van der Waals surface area contributed by atoms with Gasteiger partial charge >= 0.3 is 0 Å². The molecule has 0 radical (unpaired) electrons. The molecule has 0 saturated carbocycles. The number of nitrogens with one attached hydrogen (secondary N) is 2. The fourth-order valence-electron chi connectivity index (χ4n) is 1.71. The van der Waals surface area contributed by atoms with E-state index in [1.807, 2.05) is 0 Å². The summed E-state index contributed by atoms with van der Waals surface area (Å²) >= 11 is 5.36. The predicted molar refractivity (Wildman–Crippen MR) is 94.8 cm³/mol. The Morgan fingerprint density at radius 1 is 1.09 bits per heavy atom. The summed E-state index contributed by atoms with van der Waals surface area (Å²) < 4.78 is 6.60. The Balaban J connectivity index is 2.02. The number of carbonyl (C=O) groups excluding carboxylic acids is 2. The first-order valence-corrected chi connectivity index (χ1v) is 8.09. The van der Waals surface area contributed by atoms with Crippen molar-refractivity contribution in [3.05, 3.63) is 61.6 Å². The van der Waals surface area contributed by atoms with E-state index in [9.17, 15) is 9.59 Å². The summed E-state index contributed by atoms with van der Waals surface area (Å²) in [6.45, 7) is 0. The van der Waals surface area contributed by atoms with Crippen LogP contribution in [-0.4, -0.2) is 18.9 Å². The van der Waals surface area contributed by atoms with Crippen LogP contribution < -0.4 is 15.6 Å². The van der Waals surface area contributed by atoms with Gasteiger partial charge in [0, 0.05) is 10.0 Å². The van der Waals surface area contributed by atoms with E-state index in [0.29, 0.717) is 21.3 Å². The molecule has 2 aromatic rings. The number of methoxy groups -OCH3 is 1. The molecule has 7 heteroatoms. The summed E-state index contributed by atoms with van der Waals surface area (Å²) in [7, 11) is 1.56. The van der Waals surface area contributed by atoms with Crippen molar-refractivity contribution in [1.82, 2.24) is 10.9 Å². The average Bonchev–Trinajstić information content (AvgIpc) is 2.52. The van der Waals surface area contributed by atoms with Gasteiger partial charge in [-0.2, -0.15) is 0 Å². The largest absolute Gasteiger partial charge is 0.496 e. The summed E-state index contributed by atoms with van der Waals surface area (Å²) in [6, 6.07) is 12.0. The average molecular weight is 475 g/mol. The number of ether oxygens (including phenoxy) is 1. The quantitative estimate of drug-likeness (QED) is 0.530. The third kappa shape index (κ3) is 3.98. The lowest BCUT2D eigenvalue weighted by Gasteiger charge is -2.09. The molecule has 0 fully saturated rings. The molecule has 0 aliphatic heterocycles. The molecule has 22 heavy (non-hydrogen) atoms.